The molecule has 0 bridgehead atoms. The molecule has 1 heterocycles. The summed E-state index contributed by atoms with van der Waals surface area (Å²) in [5, 5.41) is 21.1. The number of hydrogen-bond acceptors (Lipinski definition) is 6. The van der Waals surface area contributed by atoms with Gasteiger partial charge in [-0.3, -0.25) is 4.99 Å². The third-order valence-corrected chi connectivity index (χ3v) is 7.78. The fraction of sp³-hybridized carbons (Fsp3) is 0.588. The molecule has 28 heavy (non-hydrogen) atoms. The zero-order valence-corrected chi connectivity index (χ0v) is 19.9. The number of sulfonamides is 1. The summed E-state index contributed by atoms with van der Waals surface area (Å²) in [7, 11) is -0.837. The van der Waals surface area contributed by atoms with Crippen LogP contribution in [-0.4, -0.2) is 49.5 Å². The molecule has 1 aliphatic carbocycles. The van der Waals surface area contributed by atoms with Crippen LogP contribution < -0.4 is 10.5 Å². The second-order valence-electron chi connectivity index (χ2n) is 6.99. The number of amidine groups is 1. The molecule has 1 aliphatic heterocycles. The fourth-order valence-electron chi connectivity index (χ4n) is 3.75. The Morgan fingerprint density at radius 1 is 1.36 bits per heavy atom. The minimum Gasteiger partial charge on any atom is -0.380 e. The number of nitrogens with one attached hydrogen (secondary N) is 1. The molecule has 158 valence electrons. The molecule has 0 aromatic heterocycles. The Balaban J connectivity index is 0.00000280. The molecule has 1 aromatic carbocycles. The molecule has 1 unspecified atom stereocenters. The molecule has 3 rings (SSSR count). The first-order valence-electron chi connectivity index (χ1n) is 8.86. The van der Waals surface area contributed by atoms with Crippen LogP contribution in [0.5, 0.6) is 0 Å². The highest BCUT2D eigenvalue weighted by atomic mass is 79.9. The number of aliphatic imine (C=N–C) groups is 1. The normalized spacial score (nSPS) is 25.0. The molecule has 4 N–H and O–H groups in total. The van der Waals surface area contributed by atoms with Crippen LogP contribution in [0.4, 0.5) is 5.69 Å². The number of primary sulfonamides is 1. The first kappa shape index (κ1) is 23.8. The Labute approximate surface area is 185 Å². The maximum atomic E-state index is 12.5. The molecular weight excluding hydrogens is 488 g/mol. The van der Waals surface area contributed by atoms with Crippen molar-refractivity contribution in [2.45, 2.75) is 48.8 Å². The molecule has 1 saturated heterocycles. The van der Waals surface area contributed by atoms with E-state index in [1.54, 1.807) is 25.1 Å². The van der Waals surface area contributed by atoms with E-state index in [0.717, 1.165) is 25.7 Å². The molecule has 0 amide bonds. The van der Waals surface area contributed by atoms with Gasteiger partial charge in [0.25, 0.3) is 0 Å². The monoisotopic (exact) mass is 512 g/mol. The summed E-state index contributed by atoms with van der Waals surface area (Å²) in [6.07, 6.45) is 5.22. The lowest BCUT2D eigenvalue weighted by atomic mass is 9.95. The van der Waals surface area contributed by atoms with Crippen molar-refractivity contribution in [2.75, 3.05) is 25.2 Å². The molecular formula is C17H26BrClN4O3S2. The van der Waals surface area contributed by atoms with E-state index in [1.165, 1.54) is 24.2 Å². The molecule has 11 heteroatoms. The lowest BCUT2D eigenvalue weighted by Gasteiger charge is -2.34. The van der Waals surface area contributed by atoms with Gasteiger partial charge in [-0.2, -0.15) is 0 Å². The van der Waals surface area contributed by atoms with Crippen LogP contribution in [-0.2, 0) is 15.7 Å². The number of hydrogen-bond donors (Lipinski definition) is 3. The Kier molecular flexibility index (Phi) is 7.72. The standard InChI is InChI=1S/C17H25ClN4O3S2.BrH/c1-20-16-22(2)17(23,10-26-16)12-8-9-13(18)14(15(12)27(19,24)25)21-11-6-4-3-5-7-11;/h8-9,11,21,23H,3-7,10H2,1-2H3,(H2,19,24,25);1H. The third-order valence-electron chi connectivity index (χ3n) is 5.21. The minimum atomic E-state index is -4.14. The molecule has 7 nitrogen and oxygen atoms in total. The van der Waals surface area contributed by atoms with Gasteiger partial charge in [0.05, 0.1) is 16.5 Å². The van der Waals surface area contributed by atoms with E-state index < -0.39 is 15.7 Å². The van der Waals surface area contributed by atoms with Crippen molar-refractivity contribution >= 4 is 61.2 Å². The number of halogens is 2. The second-order valence-corrected chi connectivity index (χ2v) is 9.84. The van der Waals surface area contributed by atoms with Crippen molar-refractivity contribution in [3.05, 3.63) is 22.7 Å². The summed E-state index contributed by atoms with van der Waals surface area (Å²) in [6.45, 7) is 0. The van der Waals surface area contributed by atoms with Crippen LogP contribution in [0.25, 0.3) is 0 Å². The van der Waals surface area contributed by atoms with Gasteiger partial charge in [-0.25, -0.2) is 13.6 Å². The average Bonchev–Trinajstić information content (AvgIpc) is 2.92. The first-order chi connectivity index (χ1) is 12.7. The third kappa shape index (κ3) is 4.46. The van der Waals surface area contributed by atoms with Crippen LogP contribution in [0.2, 0.25) is 5.02 Å². The van der Waals surface area contributed by atoms with E-state index in [-0.39, 0.29) is 49.9 Å². The largest absolute Gasteiger partial charge is 0.380 e. The lowest BCUT2D eigenvalue weighted by Crippen LogP contribution is -2.43. The lowest BCUT2D eigenvalue weighted by molar-refractivity contribution is -0.0372. The smallest absolute Gasteiger partial charge is 0.240 e. The second kappa shape index (κ2) is 9.09. The van der Waals surface area contributed by atoms with E-state index in [9.17, 15) is 13.5 Å². The maximum absolute atomic E-state index is 12.5. The number of anilines is 1. The number of nitrogens with two attached hydrogens (primary N) is 1. The van der Waals surface area contributed by atoms with E-state index in [1.807, 2.05) is 0 Å². The summed E-state index contributed by atoms with van der Waals surface area (Å²) < 4.78 is 25.1. The highest BCUT2D eigenvalue weighted by Crippen LogP contribution is 2.44. The predicted molar refractivity (Wildman–Crippen MR) is 121 cm³/mol. The number of nitrogens with zero attached hydrogens (tertiary/aromatic N) is 2. The predicted octanol–water partition coefficient (Wildman–Crippen LogP) is 3.12. The van der Waals surface area contributed by atoms with Gasteiger partial charge in [-0.05, 0) is 18.9 Å². The van der Waals surface area contributed by atoms with E-state index in [4.69, 9.17) is 16.7 Å². The van der Waals surface area contributed by atoms with Crippen molar-refractivity contribution in [2.24, 2.45) is 10.1 Å². The Hall–Kier alpha value is -0.520. The van der Waals surface area contributed by atoms with Crippen molar-refractivity contribution in [3.63, 3.8) is 0 Å². The van der Waals surface area contributed by atoms with Crippen molar-refractivity contribution < 1.29 is 13.5 Å². The number of rotatable bonds is 4. The van der Waals surface area contributed by atoms with Crippen molar-refractivity contribution in [3.8, 4) is 0 Å². The summed E-state index contributed by atoms with van der Waals surface area (Å²) >= 11 is 7.72. The van der Waals surface area contributed by atoms with Crippen LogP contribution in [0.3, 0.4) is 0 Å². The topological polar surface area (TPSA) is 108 Å². The van der Waals surface area contributed by atoms with E-state index in [0.29, 0.717) is 5.17 Å². The quantitative estimate of drug-likeness (QED) is 0.571. The van der Waals surface area contributed by atoms with Crippen LogP contribution in [0.15, 0.2) is 22.0 Å². The molecule has 2 fully saturated rings. The Bertz CT molecular complexity index is 862. The molecule has 0 spiro atoms. The van der Waals surface area contributed by atoms with Gasteiger partial charge in [-0.15, -0.1) is 17.0 Å². The van der Waals surface area contributed by atoms with Gasteiger partial charge in [0.2, 0.25) is 10.0 Å². The van der Waals surface area contributed by atoms with Crippen molar-refractivity contribution in [1.29, 1.82) is 0 Å². The Morgan fingerprint density at radius 3 is 2.54 bits per heavy atom. The van der Waals surface area contributed by atoms with Crippen LogP contribution >= 0.6 is 40.3 Å². The molecule has 1 aromatic rings. The molecule has 1 atom stereocenters. The zero-order chi connectivity index (χ0) is 19.8. The number of thioether (sulfide) groups is 1. The molecule has 0 radical (unpaired) electrons. The van der Waals surface area contributed by atoms with Gasteiger partial charge in [0.15, 0.2) is 10.9 Å². The number of benzene rings is 1. The zero-order valence-electron chi connectivity index (χ0n) is 15.8. The summed E-state index contributed by atoms with van der Waals surface area (Å²) in [4.78, 5) is 5.56. The van der Waals surface area contributed by atoms with Gasteiger partial charge < -0.3 is 15.3 Å². The number of aliphatic hydroxyl groups is 1. The van der Waals surface area contributed by atoms with Gasteiger partial charge in [0, 0.05) is 25.7 Å². The van der Waals surface area contributed by atoms with E-state index >= 15 is 0 Å². The molecule has 2 aliphatic rings. The summed E-state index contributed by atoms with van der Waals surface area (Å²) in [6, 6.07) is 3.27. The van der Waals surface area contributed by atoms with Crippen LogP contribution in [0, 0.1) is 0 Å². The Morgan fingerprint density at radius 2 is 2.00 bits per heavy atom. The fourth-order valence-corrected chi connectivity index (χ4v) is 6.16. The highest BCUT2D eigenvalue weighted by Gasteiger charge is 2.46. The van der Waals surface area contributed by atoms with Gasteiger partial charge >= 0.3 is 0 Å². The first-order valence-corrected chi connectivity index (χ1v) is 11.8. The highest BCUT2D eigenvalue weighted by molar-refractivity contribution is 8.93. The maximum Gasteiger partial charge on any atom is 0.240 e. The van der Waals surface area contributed by atoms with Gasteiger partial charge in [0.1, 0.15) is 4.90 Å². The van der Waals surface area contributed by atoms with Crippen molar-refractivity contribution in [1.82, 2.24) is 4.90 Å². The van der Waals surface area contributed by atoms with Crippen LogP contribution in [0.1, 0.15) is 37.7 Å². The average molecular weight is 514 g/mol. The minimum absolute atomic E-state index is 0. The van der Waals surface area contributed by atoms with Gasteiger partial charge in [-0.1, -0.05) is 48.7 Å². The summed E-state index contributed by atoms with van der Waals surface area (Å²) in [5.74, 6) is 0.239. The van der Waals surface area contributed by atoms with E-state index in [2.05, 4.69) is 10.3 Å². The summed E-state index contributed by atoms with van der Waals surface area (Å²) in [5.41, 5.74) is -1.06. The SMILES string of the molecule is Br.CN=C1SCC(O)(c2ccc(Cl)c(NC3CCCCC3)c2S(N)(=O)=O)N1C. The molecule has 1 saturated carbocycles.